The third-order valence-corrected chi connectivity index (χ3v) is 6.79. The Labute approximate surface area is 206 Å². The third kappa shape index (κ3) is 6.74. The van der Waals surface area contributed by atoms with Gasteiger partial charge in [-0.2, -0.15) is 4.72 Å². The minimum Gasteiger partial charge on any atom is -0.497 e. The highest BCUT2D eigenvalue weighted by Gasteiger charge is 2.27. The number of sulfonamides is 1. The number of rotatable bonds is 11. The van der Waals surface area contributed by atoms with Gasteiger partial charge in [0, 0.05) is 6.07 Å². The minimum absolute atomic E-state index is 0.0475. The number of hydrogen-bond donors (Lipinski definition) is 2. The highest BCUT2D eigenvalue weighted by atomic mass is 32.2. The molecular weight excluding hydrogens is 468 g/mol. The van der Waals surface area contributed by atoms with Gasteiger partial charge in [0.25, 0.3) is 0 Å². The van der Waals surface area contributed by atoms with E-state index in [0.717, 1.165) is 5.56 Å². The fourth-order valence-corrected chi connectivity index (χ4v) is 4.80. The maximum absolute atomic E-state index is 13.3. The second kappa shape index (κ2) is 11.7. The number of ether oxygens (including phenoxy) is 3. The molecule has 1 atom stereocenters. The molecule has 0 aromatic heterocycles. The molecule has 3 aromatic carbocycles. The lowest BCUT2D eigenvalue weighted by atomic mass is 10.1. The Hall–Kier alpha value is -3.56. The van der Waals surface area contributed by atoms with Crippen LogP contribution in [0.4, 0.5) is 5.69 Å². The highest BCUT2D eigenvalue weighted by molar-refractivity contribution is 7.89. The van der Waals surface area contributed by atoms with Crippen molar-refractivity contribution in [3.05, 3.63) is 77.9 Å². The molecule has 3 rings (SSSR count). The van der Waals surface area contributed by atoms with Crippen LogP contribution in [-0.2, 0) is 21.2 Å². The highest BCUT2D eigenvalue weighted by Crippen LogP contribution is 2.29. The quantitative estimate of drug-likeness (QED) is 0.415. The van der Waals surface area contributed by atoms with Gasteiger partial charge in [-0.05, 0) is 61.7 Å². The first-order chi connectivity index (χ1) is 16.8. The minimum atomic E-state index is -4.02. The van der Waals surface area contributed by atoms with Gasteiger partial charge in [-0.3, -0.25) is 4.79 Å². The smallest absolute Gasteiger partial charge is 0.243 e. The molecule has 0 aliphatic heterocycles. The van der Waals surface area contributed by atoms with Crippen LogP contribution in [0.5, 0.6) is 17.2 Å². The monoisotopic (exact) mass is 498 g/mol. The molecule has 0 saturated heterocycles. The van der Waals surface area contributed by atoms with Gasteiger partial charge in [0.1, 0.15) is 23.3 Å². The Morgan fingerprint density at radius 2 is 1.69 bits per heavy atom. The van der Waals surface area contributed by atoms with Crippen LogP contribution >= 0.6 is 0 Å². The summed E-state index contributed by atoms with van der Waals surface area (Å²) in [6.45, 7) is 4.10. The average Bonchev–Trinajstić information content (AvgIpc) is 2.85. The molecule has 0 bridgehead atoms. The molecule has 0 spiro atoms. The van der Waals surface area contributed by atoms with E-state index in [1.54, 1.807) is 31.2 Å². The Bertz CT molecular complexity index is 1260. The van der Waals surface area contributed by atoms with Crippen molar-refractivity contribution in [2.24, 2.45) is 0 Å². The van der Waals surface area contributed by atoms with Crippen molar-refractivity contribution in [2.75, 3.05) is 26.1 Å². The van der Waals surface area contributed by atoms with E-state index in [4.69, 9.17) is 14.2 Å². The normalized spacial score (nSPS) is 12.0. The molecule has 0 aliphatic carbocycles. The number of aryl methyl sites for hydroxylation is 1. The summed E-state index contributed by atoms with van der Waals surface area (Å²) in [7, 11) is -1.01. The summed E-state index contributed by atoms with van der Waals surface area (Å²) in [5.41, 5.74) is 1.88. The van der Waals surface area contributed by atoms with Crippen LogP contribution in [0.25, 0.3) is 0 Å². The molecule has 3 aromatic rings. The number of amides is 1. The average molecular weight is 499 g/mol. The van der Waals surface area contributed by atoms with Crippen LogP contribution in [0.15, 0.2) is 71.6 Å². The molecule has 186 valence electrons. The first-order valence-electron chi connectivity index (χ1n) is 11.1. The van der Waals surface area contributed by atoms with E-state index in [-0.39, 0.29) is 11.3 Å². The van der Waals surface area contributed by atoms with E-state index < -0.39 is 22.0 Å². The lowest BCUT2D eigenvalue weighted by molar-refractivity contribution is -0.117. The molecule has 2 N–H and O–H groups in total. The molecule has 0 radical (unpaired) electrons. The number of hydrogen-bond acceptors (Lipinski definition) is 6. The molecular formula is C26H30N2O6S. The van der Waals surface area contributed by atoms with Crippen molar-refractivity contribution >= 4 is 21.6 Å². The summed E-state index contributed by atoms with van der Waals surface area (Å²) in [5, 5.41) is 2.78. The molecule has 1 amide bonds. The van der Waals surface area contributed by atoms with Crippen LogP contribution in [0.2, 0.25) is 0 Å². The molecule has 0 unspecified atom stereocenters. The van der Waals surface area contributed by atoms with Crippen LogP contribution < -0.4 is 24.2 Å². The number of methoxy groups -OCH3 is 2. The maximum Gasteiger partial charge on any atom is 0.243 e. The number of carbonyl (C=O) groups is 1. The predicted octanol–water partition coefficient (Wildman–Crippen LogP) is 3.94. The van der Waals surface area contributed by atoms with Gasteiger partial charge >= 0.3 is 0 Å². The van der Waals surface area contributed by atoms with Crippen molar-refractivity contribution in [2.45, 2.75) is 31.2 Å². The summed E-state index contributed by atoms with van der Waals surface area (Å²) in [6.07, 6.45) is 0.153. The lowest BCUT2D eigenvalue weighted by Gasteiger charge is -2.20. The number of anilines is 1. The summed E-state index contributed by atoms with van der Waals surface area (Å²) < 4.78 is 45.1. The van der Waals surface area contributed by atoms with Crippen molar-refractivity contribution in [1.82, 2.24) is 4.72 Å². The van der Waals surface area contributed by atoms with E-state index in [1.807, 2.05) is 37.3 Å². The van der Waals surface area contributed by atoms with Gasteiger partial charge < -0.3 is 19.5 Å². The van der Waals surface area contributed by atoms with Crippen LogP contribution in [0.3, 0.4) is 0 Å². The Balaban J connectivity index is 1.90. The number of carbonyl (C=O) groups excluding carboxylic acids is 1. The van der Waals surface area contributed by atoms with Crippen LogP contribution in [-0.4, -0.2) is 41.2 Å². The van der Waals surface area contributed by atoms with E-state index in [2.05, 4.69) is 10.0 Å². The van der Waals surface area contributed by atoms with Crippen molar-refractivity contribution in [3.8, 4) is 17.2 Å². The van der Waals surface area contributed by atoms with Gasteiger partial charge in [-0.15, -0.1) is 0 Å². The summed E-state index contributed by atoms with van der Waals surface area (Å²) >= 11 is 0. The lowest BCUT2D eigenvalue weighted by Crippen LogP contribution is -2.45. The van der Waals surface area contributed by atoms with Gasteiger partial charge in [0.15, 0.2) is 0 Å². The van der Waals surface area contributed by atoms with Crippen LogP contribution in [0.1, 0.15) is 18.1 Å². The zero-order valence-electron chi connectivity index (χ0n) is 20.2. The zero-order valence-corrected chi connectivity index (χ0v) is 21.0. The largest absolute Gasteiger partial charge is 0.497 e. The van der Waals surface area contributed by atoms with Crippen molar-refractivity contribution in [3.63, 3.8) is 0 Å². The molecule has 0 fully saturated rings. The fraction of sp³-hybridized carbons (Fsp3) is 0.269. The molecule has 9 heteroatoms. The SMILES string of the molecule is CCOc1ccc(S(=O)(=O)N[C@@H](Cc2ccccc2)C(=O)Nc2ccc(OC)cc2OC)cc1C. The molecule has 8 nitrogen and oxygen atoms in total. The predicted molar refractivity (Wildman–Crippen MR) is 135 cm³/mol. The summed E-state index contributed by atoms with van der Waals surface area (Å²) in [4.78, 5) is 13.4. The van der Waals surface area contributed by atoms with E-state index in [9.17, 15) is 13.2 Å². The first-order valence-corrected chi connectivity index (χ1v) is 12.6. The topological polar surface area (TPSA) is 103 Å². The Morgan fingerprint density at radius 1 is 0.943 bits per heavy atom. The maximum atomic E-state index is 13.3. The molecule has 0 saturated carbocycles. The van der Waals surface area contributed by atoms with E-state index in [1.165, 1.54) is 26.4 Å². The van der Waals surface area contributed by atoms with Crippen LogP contribution in [0, 0.1) is 6.92 Å². The Morgan fingerprint density at radius 3 is 2.31 bits per heavy atom. The standard InChI is InChI=1S/C26H30N2O6S/c1-5-34-24-14-12-21(15-18(24)2)35(30,31)28-23(16-19-9-7-6-8-10-19)26(29)27-22-13-11-20(32-3)17-25(22)33-4/h6-15,17,23,28H,5,16H2,1-4H3,(H,27,29)/t23-/m0/s1. The van der Waals surface area contributed by atoms with Gasteiger partial charge in [0.2, 0.25) is 15.9 Å². The van der Waals surface area contributed by atoms with E-state index >= 15 is 0 Å². The summed E-state index contributed by atoms with van der Waals surface area (Å²) in [6, 6.07) is 17.7. The third-order valence-electron chi connectivity index (χ3n) is 5.32. The Kier molecular flexibility index (Phi) is 8.73. The number of benzene rings is 3. The zero-order chi connectivity index (χ0) is 25.4. The molecule has 0 heterocycles. The first kappa shape index (κ1) is 26.1. The molecule has 0 aliphatic rings. The number of nitrogens with one attached hydrogen (secondary N) is 2. The second-order valence-electron chi connectivity index (χ2n) is 7.78. The van der Waals surface area contributed by atoms with E-state index in [0.29, 0.717) is 35.1 Å². The molecule has 35 heavy (non-hydrogen) atoms. The van der Waals surface area contributed by atoms with Crippen molar-refractivity contribution < 1.29 is 27.4 Å². The summed E-state index contributed by atoms with van der Waals surface area (Å²) in [5.74, 6) is 1.04. The van der Waals surface area contributed by atoms with Gasteiger partial charge in [0.05, 0.1) is 31.4 Å². The van der Waals surface area contributed by atoms with Crippen molar-refractivity contribution in [1.29, 1.82) is 0 Å². The van der Waals surface area contributed by atoms with Gasteiger partial charge in [-0.25, -0.2) is 8.42 Å². The second-order valence-corrected chi connectivity index (χ2v) is 9.49. The fourth-order valence-electron chi connectivity index (χ4n) is 3.52. The van der Waals surface area contributed by atoms with Gasteiger partial charge in [-0.1, -0.05) is 30.3 Å².